The number of aliphatic hydroxyl groups excluding tert-OH is 2. The normalized spacial score (nSPS) is 43.3. The fraction of sp³-hybridized carbons (Fsp3) is 0.789. The van der Waals surface area contributed by atoms with Crippen LogP contribution in [0.3, 0.4) is 0 Å². The SMILES string of the molecule is [2H]C([2H])([2H])C(O)(/C=C\CC1(C2=CCC3[C@@H](O)CCC[C@]23C)CC1)C([2H])([2H])[2H].[2H]C([2H])([2H])C(O)(C#CCC1(C2=CCC3[C@@H](O)CCC[C@]23C)CC1)C([2H])([2H])[2H]. The minimum Gasteiger partial charge on any atom is -0.393 e. The van der Waals surface area contributed by atoms with Crippen LogP contribution in [0, 0.1) is 45.3 Å². The van der Waals surface area contributed by atoms with E-state index in [2.05, 4.69) is 37.8 Å². The molecule has 234 valence electrons. The van der Waals surface area contributed by atoms with Gasteiger partial charge in [-0.25, -0.2) is 0 Å². The van der Waals surface area contributed by atoms with Crippen LogP contribution in [0.2, 0.25) is 0 Å². The molecule has 0 radical (unpaired) electrons. The smallest absolute Gasteiger partial charge is 0.119 e. The van der Waals surface area contributed by atoms with Gasteiger partial charge >= 0.3 is 0 Å². The van der Waals surface area contributed by atoms with Gasteiger partial charge in [0.05, 0.1) is 17.8 Å². The predicted octanol–water partition coefficient (Wildman–Crippen LogP) is 7.41. The molecule has 6 rings (SSSR count). The second kappa shape index (κ2) is 11.2. The van der Waals surface area contributed by atoms with Gasteiger partial charge in [-0.2, -0.15) is 0 Å². The summed E-state index contributed by atoms with van der Waals surface area (Å²) in [6.45, 7) is -7.85. The van der Waals surface area contributed by atoms with Crippen LogP contribution < -0.4 is 0 Å². The van der Waals surface area contributed by atoms with Crippen molar-refractivity contribution in [2.75, 3.05) is 0 Å². The summed E-state index contributed by atoms with van der Waals surface area (Å²) < 4.78 is 89.3. The Hall–Kier alpha value is -1.38. The van der Waals surface area contributed by atoms with E-state index < -0.39 is 38.6 Å². The minimum absolute atomic E-state index is 0.0354. The maximum atomic E-state index is 10.4. The van der Waals surface area contributed by atoms with Gasteiger partial charge in [-0.15, -0.1) is 0 Å². The Morgan fingerprint density at radius 3 is 1.83 bits per heavy atom. The van der Waals surface area contributed by atoms with Crippen LogP contribution in [-0.4, -0.2) is 43.8 Å². The molecule has 6 aliphatic carbocycles. The Bertz CT molecular complexity index is 1540. The van der Waals surface area contributed by atoms with Crippen LogP contribution in [0.25, 0.3) is 0 Å². The third-order valence-electron chi connectivity index (χ3n) is 11.8. The highest BCUT2D eigenvalue weighted by molar-refractivity contribution is 5.37. The summed E-state index contributed by atoms with van der Waals surface area (Å²) in [6.07, 6.45) is 18.5. The molecule has 0 aromatic rings. The van der Waals surface area contributed by atoms with E-state index in [9.17, 15) is 20.4 Å². The average Bonchev–Trinajstić information content (AvgIpc) is 3.91. The van der Waals surface area contributed by atoms with Gasteiger partial charge in [0.15, 0.2) is 0 Å². The lowest BCUT2D eigenvalue weighted by atomic mass is 9.62. The first kappa shape index (κ1) is 19.9. The molecule has 2 unspecified atom stereocenters. The van der Waals surface area contributed by atoms with E-state index in [0.29, 0.717) is 12.8 Å². The van der Waals surface area contributed by atoms with Crippen molar-refractivity contribution in [2.45, 2.75) is 155 Å². The van der Waals surface area contributed by atoms with Crippen molar-refractivity contribution in [3.05, 3.63) is 35.5 Å². The standard InChI is InChI=1S/C19H30O2.C19H28O2/c2*1-17(2,21)9-5-11-19(12-13-19)16-8-7-14-15(20)6-4-10-18(14,16)3/h5,8-9,14-15,20-21H,4,6-7,10-13H2,1-3H3;8,14-15,20-21H,4,6-7,10-13H2,1-3H3/b9-5-;/t2*14?,15-,18-/m00/s1/i2*1D3,2D3. The van der Waals surface area contributed by atoms with Gasteiger partial charge in [-0.05, 0) is 139 Å². The van der Waals surface area contributed by atoms with Crippen molar-refractivity contribution in [1.29, 1.82) is 0 Å². The van der Waals surface area contributed by atoms with E-state index in [1.165, 1.54) is 11.1 Å². The number of fused-ring (bicyclic) bond motifs is 2. The highest BCUT2D eigenvalue weighted by atomic mass is 16.3. The molecule has 0 amide bonds. The zero-order chi connectivity index (χ0) is 40.6. The Morgan fingerprint density at radius 2 is 1.36 bits per heavy atom. The van der Waals surface area contributed by atoms with Gasteiger partial charge in [0.1, 0.15) is 5.60 Å². The van der Waals surface area contributed by atoms with Crippen molar-refractivity contribution < 1.29 is 36.9 Å². The van der Waals surface area contributed by atoms with Crippen LogP contribution in [0.15, 0.2) is 35.5 Å². The third kappa shape index (κ3) is 6.37. The van der Waals surface area contributed by atoms with Gasteiger partial charge in [0.2, 0.25) is 0 Å². The first-order valence-electron chi connectivity index (χ1n) is 21.9. The van der Waals surface area contributed by atoms with E-state index in [-0.39, 0.29) is 45.7 Å². The molecule has 6 aliphatic rings. The topological polar surface area (TPSA) is 80.9 Å². The van der Waals surface area contributed by atoms with Gasteiger partial charge in [0, 0.05) is 28.3 Å². The van der Waals surface area contributed by atoms with Gasteiger partial charge in [-0.3, -0.25) is 0 Å². The van der Waals surface area contributed by atoms with Crippen LogP contribution >= 0.6 is 0 Å². The number of hydrogen-bond acceptors (Lipinski definition) is 4. The second-order valence-electron chi connectivity index (χ2n) is 14.8. The van der Waals surface area contributed by atoms with E-state index in [1.807, 2.05) is 0 Å². The zero-order valence-corrected chi connectivity index (χ0v) is 25.3. The number of allylic oxidation sites excluding steroid dienone is 5. The van der Waals surface area contributed by atoms with Crippen LogP contribution in [0.1, 0.15) is 148 Å². The molecule has 42 heavy (non-hydrogen) atoms. The highest BCUT2D eigenvalue weighted by Crippen LogP contribution is 2.67. The van der Waals surface area contributed by atoms with Crippen LogP contribution in [0.4, 0.5) is 0 Å². The Morgan fingerprint density at radius 1 is 0.833 bits per heavy atom. The third-order valence-corrected chi connectivity index (χ3v) is 11.8. The zero-order valence-electron chi connectivity index (χ0n) is 37.3. The number of hydrogen-bond donors (Lipinski definition) is 4. The molecule has 4 N–H and O–H groups in total. The molecule has 4 heteroatoms. The summed E-state index contributed by atoms with van der Waals surface area (Å²) in [6, 6.07) is 0. The van der Waals surface area contributed by atoms with Crippen molar-refractivity contribution in [3.63, 3.8) is 0 Å². The Balaban J connectivity index is 0.000000208. The molecule has 0 aromatic carbocycles. The fourth-order valence-corrected chi connectivity index (χ4v) is 9.31. The van der Waals surface area contributed by atoms with E-state index >= 15 is 0 Å². The molecule has 4 fully saturated rings. The van der Waals surface area contributed by atoms with Gasteiger partial charge in [-0.1, -0.05) is 61.1 Å². The van der Waals surface area contributed by atoms with Crippen LogP contribution in [-0.2, 0) is 0 Å². The quantitative estimate of drug-likeness (QED) is 0.192. The highest BCUT2D eigenvalue weighted by Gasteiger charge is 2.58. The fourth-order valence-electron chi connectivity index (χ4n) is 9.31. The molecule has 0 aromatic heterocycles. The molecule has 0 aliphatic heterocycles. The summed E-state index contributed by atoms with van der Waals surface area (Å²) >= 11 is 0. The molecule has 6 atom stereocenters. The molecule has 0 bridgehead atoms. The van der Waals surface area contributed by atoms with Gasteiger partial charge in [0.25, 0.3) is 0 Å². The van der Waals surface area contributed by atoms with Crippen LogP contribution in [0.5, 0.6) is 0 Å². The summed E-state index contributed by atoms with van der Waals surface area (Å²) in [7, 11) is 0. The summed E-state index contributed by atoms with van der Waals surface area (Å²) in [5.41, 5.74) is -3.58. The monoisotopic (exact) mass is 591 g/mol. The molecule has 0 heterocycles. The summed E-state index contributed by atoms with van der Waals surface area (Å²) in [5.74, 6) is 5.37. The molecule has 0 spiro atoms. The maximum Gasteiger partial charge on any atom is 0.119 e. The van der Waals surface area contributed by atoms with Crippen molar-refractivity contribution >= 4 is 0 Å². The largest absolute Gasteiger partial charge is 0.393 e. The molecule has 4 nitrogen and oxygen atoms in total. The Labute approximate surface area is 272 Å². The van der Waals surface area contributed by atoms with E-state index in [0.717, 1.165) is 83.1 Å². The first-order valence-corrected chi connectivity index (χ1v) is 15.9. The van der Waals surface area contributed by atoms with Crippen molar-refractivity contribution in [2.24, 2.45) is 33.5 Å². The van der Waals surface area contributed by atoms with Gasteiger partial charge < -0.3 is 20.4 Å². The number of aliphatic hydroxyl groups is 4. The van der Waals surface area contributed by atoms with Crippen molar-refractivity contribution in [3.8, 4) is 11.8 Å². The lowest BCUT2D eigenvalue weighted by molar-refractivity contribution is 0.00658. The average molecular weight is 591 g/mol. The van der Waals surface area contributed by atoms with E-state index in [4.69, 9.17) is 16.4 Å². The summed E-state index contributed by atoms with van der Waals surface area (Å²) in [4.78, 5) is 0. The van der Waals surface area contributed by atoms with Crippen molar-refractivity contribution in [1.82, 2.24) is 0 Å². The molecular formula is C38H58O4. The minimum atomic E-state index is -3.11. The first-order chi connectivity index (χ1) is 24.5. The molecule has 0 saturated heterocycles. The lowest BCUT2D eigenvalue weighted by Gasteiger charge is -2.44. The summed E-state index contributed by atoms with van der Waals surface area (Å²) in [5, 5.41) is 41.5. The maximum absolute atomic E-state index is 10.4. The lowest BCUT2D eigenvalue weighted by Crippen LogP contribution is -2.40. The number of rotatable bonds is 6. The predicted molar refractivity (Wildman–Crippen MR) is 170 cm³/mol. The molecular weight excluding hydrogens is 520 g/mol. The Kier molecular flexibility index (Phi) is 5.31. The second-order valence-corrected chi connectivity index (χ2v) is 14.8. The van der Waals surface area contributed by atoms with E-state index in [1.54, 1.807) is 6.08 Å². The molecule has 4 saturated carbocycles.